The van der Waals surface area contributed by atoms with Crippen LogP contribution in [0.15, 0.2) is 29.2 Å². The van der Waals surface area contributed by atoms with Gasteiger partial charge in [0, 0.05) is 31.6 Å². The van der Waals surface area contributed by atoms with Crippen LogP contribution in [0.2, 0.25) is 0 Å². The fourth-order valence-electron chi connectivity index (χ4n) is 3.53. The van der Waals surface area contributed by atoms with E-state index in [1.807, 2.05) is 9.80 Å². The van der Waals surface area contributed by atoms with Gasteiger partial charge in [-0.05, 0) is 43.0 Å². The molecule has 1 aromatic carbocycles. The molecule has 1 heterocycles. The Balaban J connectivity index is 1.62. The number of nitrogens with zero attached hydrogens (tertiary/aromatic N) is 2. The van der Waals surface area contributed by atoms with Crippen molar-refractivity contribution < 1.29 is 13.2 Å². The zero-order valence-electron chi connectivity index (χ0n) is 13.6. The van der Waals surface area contributed by atoms with E-state index in [1.165, 1.54) is 31.9 Å². The van der Waals surface area contributed by atoms with E-state index in [9.17, 15) is 13.2 Å². The maximum Gasteiger partial charge on any atom is 0.242 e. The first-order valence-electron chi connectivity index (χ1n) is 8.26. The summed E-state index contributed by atoms with van der Waals surface area (Å²) < 4.78 is 23.0. The Morgan fingerprint density at radius 2 is 1.74 bits per heavy atom. The number of carbonyl (C=O) groups is 1. The molecule has 1 saturated carbocycles. The minimum Gasteiger partial charge on any atom is -0.360 e. The van der Waals surface area contributed by atoms with Crippen molar-refractivity contribution in [2.45, 2.75) is 30.6 Å². The molecule has 0 atom stereocenters. The van der Waals surface area contributed by atoms with Crippen LogP contribution in [-0.2, 0) is 14.6 Å². The molecule has 2 aliphatic rings. The maximum atomic E-state index is 12.4. The molecule has 1 aliphatic carbocycles. The van der Waals surface area contributed by atoms with Crippen molar-refractivity contribution >= 4 is 21.4 Å². The molecule has 126 valence electrons. The molecule has 5 nitrogen and oxygen atoms in total. The standard InChI is InChI=1S/C17H24N2O3S/c1-23(21,22)16-8-6-15(7-9-16)18-10-11-19(17(20)13-18)12-14-4-2-3-5-14/h6-9,14H,2-5,10-13H2,1H3. The largest absolute Gasteiger partial charge is 0.360 e. The number of sulfone groups is 1. The van der Waals surface area contributed by atoms with E-state index >= 15 is 0 Å². The Morgan fingerprint density at radius 1 is 1.09 bits per heavy atom. The van der Waals surface area contributed by atoms with Gasteiger partial charge in [-0.3, -0.25) is 4.79 Å². The molecule has 0 spiro atoms. The Morgan fingerprint density at radius 3 is 2.30 bits per heavy atom. The van der Waals surface area contributed by atoms with E-state index in [0.29, 0.717) is 17.4 Å². The number of hydrogen-bond acceptors (Lipinski definition) is 4. The highest BCUT2D eigenvalue weighted by Gasteiger charge is 2.27. The first kappa shape index (κ1) is 16.3. The highest BCUT2D eigenvalue weighted by Crippen LogP contribution is 2.26. The second kappa shape index (κ2) is 6.51. The predicted octanol–water partition coefficient (Wildman–Crippen LogP) is 1.93. The third kappa shape index (κ3) is 3.86. The number of benzene rings is 1. The van der Waals surface area contributed by atoms with Crippen LogP contribution in [0, 0.1) is 5.92 Å². The Bertz CT molecular complexity index is 664. The summed E-state index contributed by atoms with van der Waals surface area (Å²) in [6.07, 6.45) is 6.30. The molecule has 0 radical (unpaired) electrons. The summed E-state index contributed by atoms with van der Waals surface area (Å²) in [4.78, 5) is 16.7. The van der Waals surface area contributed by atoms with Crippen LogP contribution in [0.1, 0.15) is 25.7 Å². The topological polar surface area (TPSA) is 57.7 Å². The zero-order chi connectivity index (χ0) is 16.4. The van der Waals surface area contributed by atoms with Gasteiger partial charge < -0.3 is 9.80 Å². The second-order valence-electron chi connectivity index (χ2n) is 6.68. The molecule has 6 heteroatoms. The fourth-order valence-corrected chi connectivity index (χ4v) is 4.16. The van der Waals surface area contributed by atoms with Gasteiger partial charge in [0.05, 0.1) is 11.4 Å². The average Bonchev–Trinajstić information content (AvgIpc) is 3.02. The summed E-state index contributed by atoms with van der Waals surface area (Å²) in [6, 6.07) is 6.80. The third-order valence-corrected chi connectivity index (χ3v) is 6.03. The summed E-state index contributed by atoms with van der Waals surface area (Å²) in [7, 11) is -3.18. The Labute approximate surface area is 138 Å². The highest BCUT2D eigenvalue weighted by atomic mass is 32.2. The van der Waals surface area contributed by atoms with Gasteiger partial charge in [0.1, 0.15) is 0 Å². The van der Waals surface area contributed by atoms with E-state index in [2.05, 4.69) is 0 Å². The molecule has 0 aromatic heterocycles. The molecule has 1 saturated heterocycles. The number of rotatable bonds is 4. The van der Waals surface area contributed by atoms with Crippen molar-refractivity contribution in [2.24, 2.45) is 5.92 Å². The van der Waals surface area contributed by atoms with Crippen LogP contribution in [-0.4, -0.2) is 51.7 Å². The Kier molecular flexibility index (Phi) is 4.62. The molecule has 0 unspecified atom stereocenters. The number of carbonyl (C=O) groups excluding carboxylic acids is 1. The SMILES string of the molecule is CS(=O)(=O)c1ccc(N2CCN(CC3CCCC3)C(=O)C2)cc1. The molecule has 0 bridgehead atoms. The van der Waals surface area contributed by atoms with Crippen LogP contribution in [0.3, 0.4) is 0 Å². The number of anilines is 1. The van der Waals surface area contributed by atoms with Crippen molar-refractivity contribution in [1.82, 2.24) is 4.90 Å². The van der Waals surface area contributed by atoms with E-state index in [1.54, 1.807) is 24.3 Å². The number of piperazine rings is 1. The van der Waals surface area contributed by atoms with Gasteiger partial charge >= 0.3 is 0 Å². The minimum absolute atomic E-state index is 0.176. The molecule has 23 heavy (non-hydrogen) atoms. The maximum absolute atomic E-state index is 12.4. The summed E-state index contributed by atoms with van der Waals surface area (Å²) in [5, 5.41) is 0. The van der Waals surface area contributed by atoms with Gasteiger partial charge in [0.2, 0.25) is 5.91 Å². The normalized spacial score (nSPS) is 20.3. The molecule has 1 aliphatic heterocycles. The van der Waals surface area contributed by atoms with Crippen LogP contribution < -0.4 is 4.90 Å². The fraction of sp³-hybridized carbons (Fsp3) is 0.588. The minimum atomic E-state index is -3.18. The lowest BCUT2D eigenvalue weighted by molar-refractivity contribution is -0.131. The van der Waals surface area contributed by atoms with Gasteiger partial charge in [0.25, 0.3) is 0 Å². The molecule has 3 rings (SSSR count). The van der Waals surface area contributed by atoms with Crippen molar-refractivity contribution in [3.8, 4) is 0 Å². The Hall–Kier alpha value is -1.56. The van der Waals surface area contributed by atoms with Crippen molar-refractivity contribution in [3.63, 3.8) is 0 Å². The molecular weight excluding hydrogens is 312 g/mol. The number of amides is 1. The van der Waals surface area contributed by atoms with Gasteiger partial charge in [0.15, 0.2) is 9.84 Å². The average molecular weight is 336 g/mol. The molecule has 2 fully saturated rings. The first-order chi connectivity index (χ1) is 10.9. The molecule has 0 N–H and O–H groups in total. The first-order valence-corrected chi connectivity index (χ1v) is 10.2. The van der Waals surface area contributed by atoms with Crippen molar-refractivity contribution in [3.05, 3.63) is 24.3 Å². The summed E-state index contributed by atoms with van der Waals surface area (Å²) in [5.74, 6) is 0.856. The van der Waals surface area contributed by atoms with Crippen LogP contribution in [0.25, 0.3) is 0 Å². The predicted molar refractivity (Wildman–Crippen MR) is 90.3 cm³/mol. The lowest BCUT2D eigenvalue weighted by Crippen LogP contribution is -2.51. The van der Waals surface area contributed by atoms with E-state index in [0.717, 1.165) is 25.3 Å². The number of hydrogen-bond donors (Lipinski definition) is 0. The lowest BCUT2D eigenvalue weighted by Gasteiger charge is -2.36. The third-order valence-electron chi connectivity index (χ3n) is 4.90. The van der Waals surface area contributed by atoms with Crippen LogP contribution in [0.5, 0.6) is 0 Å². The van der Waals surface area contributed by atoms with E-state index in [-0.39, 0.29) is 5.91 Å². The monoisotopic (exact) mass is 336 g/mol. The van der Waals surface area contributed by atoms with Crippen molar-refractivity contribution in [1.29, 1.82) is 0 Å². The quantitative estimate of drug-likeness (QED) is 0.843. The van der Waals surface area contributed by atoms with Crippen LogP contribution in [0.4, 0.5) is 5.69 Å². The lowest BCUT2D eigenvalue weighted by atomic mass is 10.1. The van der Waals surface area contributed by atoms with E-state index in [4.69, 9.17) is 0 Å². The van der Waals surface area contributed by atoms with E-state index < -0.39 is 9.84 Å². The van der Waals surface area contributed by atoms with Crippen molar-refractivity contribution in [2.75, 3.05) is 37.3 Å². The zero-order valence-corrected chi connectivity index (χ0v) is 14.4. The highest BCUT2D eigenvalue weighted by molar-refractivity contribution is 7.90. The molecule has 1 amide bonds. The van der Waals surface area contributed by atoms with Gasteiger partial charge in [-0.1, -0.05) is 12.8 Å². The summed E-state index contributed by atoms with van der Waals surface area (Å²) >= 11 is 0. The molecule has 1 aromatic rings. The summed E-state index contributed by atoms with van der Waals surface area (Å²) in [6.45, 7) is 2.84. The van der Waals surface area contributed by atoms with Gasteiger partial charge in [-0.15, -0.1) is 0 Å². The molecular formula is C17H24N2O3S. The smallest absolute Gasteiger partial charge is 0.242 e. The van der Waals surface area contributed by atoms with Crippen LogP contribution >= 0.6 is 0 Å². The summed E-state index contributed by atoms with van der Waals surface area (Å²) in [5.41, 5.74) is 0.909. The van der Waals surface area contributed by atoms with Gasteiger partial charge in [-0.2, -0.15) is 0 Å². The van der Waals surface area contributed by atoms with Gasteiger partial charge in [-0.25, -0.2) is 8.42 Å². The second-order valence-corrected chi connectivity index (χ2v) is 8.69.